The van der Waals surface area contributed by atoms with Gasteiger partial charge in [0.1, 0.15) is 17.2 Å². The molecule has 2 aliphatic heterocycles. The molecule has 1 unspecified atom stereocenters. The summed E-state index contributed by atoms with van der Waals surface area (Å²) in [6.07, 6.45) is 3.77. The van der Waals surface area contributed by atoms with Gasteiger partial charge in [0.2, 0.25) is 11.8 Å². The first-order valence-electron chi connectivity index (χ1n) is 11.1. The van der Waals surface area contributed by atoms with Gasteiger partial charge < -0.3 is 15.8 Å². The number of nitrogens with two attached hydrogens (primary N) is 1. The number of aliphatic imine (C=N–C) groups is 1. The fourth-order valence-electron chi connectivity index (χ4n) is 4.71. The minimum Gasteiger partial charge on any atom is -0.487 e. The molecule has 1 saturated carbocycles. The highest BCUT2D eigenvalue weighted by Crippen LogP contribution is 2.43. The number of halogens is 1. The van der Waals surface area contributed by atoms with Gasteiger partial charge in [0.15, 0.2) is 5.96 Å². The lowest BCUT2D eigenvalue weighted by atomic mass is 9.89. The first kappa shape index (κ1) is 22.3. The summed E-state index contributed by atoms with van der Waals surface area (Å²) < 4.78 is 19.8. The number of carbonyl (C=O) groups is 2. The van der Waals surface area contributed by atoms with Crippen LogP contribution < -0.4 is 15.8 Å². The van der Waals surface area contributed by atoms with E-state index < -0.39 is 11.1 Å². The van der Waals surface area contributed by atoms with Crippen molar-refractivity contribution in [3.05, 3.63) is 42.2 Å². The number of carbonyl (C=O) groups excluding carboxylic acids is 2. The third kappa shape index (κ3) is 4.23. The zero-order valence-electron chi connectivity index (χ0n) is 18.9. The number of benzene rings is 1. The highest BCUT2D eigenvalue weighted by molar-refractivity contribution is 5.99. The van der Waals surface area contributed by atoms with Crippen molar-refractivity contribution in [1.82, 2.24) is 10.2 Å². The Morgan fingerprint density at radius 1 is 1.47 bits per heavy atom. The van der Waals surface area contributed by atoms with Gasteiger partial charge in [-0.15, -0.1) is 6.58 Å². The maximum Gasteiger partial charge on any atom is 0.232 e. The maximum absolute atomic E-state index is 13.8. The van der Waals surface area contributed by atoms with Gasteiger partial charge in [0.05, 0.1) is 18.0 Å². The minimum absolute atomic E-state index is 0.0189. The van der Waals surface area contributed by atoms with Crippen LogP contribution in [0, 0.1) is 17.7 Å². The zero-order valence-corrected chi connectivity index (χ0v) is 18.9. The predicted molar refractivity (Wildman–Crippen MR) is 119 cm³/mol. The molecule has 1 fully saturated rings. The van der Waals surface area contributed by atoms with Crippen LogP contribution in [0.25, 0.3) is 0 Å². The second-order valence-electron chi connectivity index (χ2n) is 9.72. The monoisotopic (exact) mass is 442 g/mol. The molecule has 32 heavy (non-hydrogen) atoms. The van der Waals surface area contributed by atoms with Crippen molar-refractivity contribution in [3.63, 3.8) is 0 Å². The van der Waals surface area contributed by atoms with E-state index in [1.807, 2.05) is 20.8 Å². The highest BCUT2D eigenvalue weighted by atomic mass is 19.1. The van der Waals surface area contributed by atoms with Crippen LogP contribution in [0.3, 0.4) is 0 Å². The maximum atomic E-state index is 13.8. The SMILES string of the molecule is C=C[C@@]1(CC)CC(=O)N(C[C@@H]2C[C@H]2C(=O)NC2CC(C)(C)Oc3ccc(F)cc32)C(N)=N1. The molecule has 7 nitrogen and oxygen atoms in total. The fourth-order valence-corrected chi connectivity index (χ4v) is 4.71. The molecule has 2 heterocycles. The molecule has 0 saturated heterocycles. The van der Waals surface area contributed by atoms with Gasteiger partial charge >= 0.3 is 0 Å². The number of rotatable bonds is 6. The summed E-state index contributed by atoms with van der Waals surface area (Å²) in [6.45, 7) is 10.0. The van der Waals surface area contributed by atoms with Crippen LogP contribution in [0.1, 0.15) is 58.1 Å². The minimum atomic E-state index is -0.642. The number of ether oxygens (including phenoxy) is 1. The zero-order chi connectivity index (χ0) is 23.3. The van der Waals surface area contributed by atoms with E-state index >= 15 is 0 Å². The number of hydrogen-bond acceptors (Lipinski definition) is 5. The second kappa shape index (κ2) is 7.90. The normalized spacial score (nSPS) is 30.6. The summed E-state index contributed by atoms with van der Waals surface area (Å²) in [7, 11) is 0. The van der Waals surface area contributed by atoms with Gasteiger partial charge in [-0.3, -0.25) is 14.5 Å². The van der Waals surface area contributed by atoms with Gasteiger partial charge in [-0.2, -0.15) is 0 Å². The first-order valence-corrected chi connectivity index (χ1v) is 11.1. The molecule has 1 aromatic rings. The molecule has 1 aliphatic carbocycles. The Hall–Kier alpha value is -2.90. The average Bonchev–Trinajstić information content (AvgIpc) is 3.50. The molecule has 0 bridgehead atoms. The second-order valence-corrected chi connectivity index (χ2v) is 9.72. The molecule has 0 spiro atoms. The van der Waals surface area contributed by atoms with E-state index in [2.05, 4.69) is 16.9 Å². The van der Waals surface area contributed by atoms with Crippen molar-refractivity contribution in [2.45, 2.75) is 63.6 Å². The molecule has 0 aromatic heterocycles. The molecule has 0 radical (unpaired) electrons. The van der Waals surface area contributed by atoms with Gasteiger partial charge in [0.25, 0.3) is 0 Å². The lowest BCUT2D eigenvalue weighted by molar-refractivity contribution is -0.130. The van der Waals surface area contributed by atoms with E-state index in [-0.39, 0.29) is 47.9 Å². The summed E-state index contributed by atoms with van der Waals surface area (Å²) in [6, 6.07) is 4.05. The van der Waals surface area contributed by atoms with Crippen LogP contribution >= 0.6 is 0 Å². The van der Waals surface area contributed by atoms with Crippen LogP contribution in [-0.4, -0.2) is 40.4 Å². The standard InChI is InChI=1S/C24H31FN4O3/c1-5-24(6-2)12-20(30)29(22(26)28-24)13-14-9-16(14)21(31)27-18-11-23(3,4)32-19-8-7-15(25)10-17(18)19/h5,7-8,10,14,16,18H,1,6,9,11-13H2,2-4H3,(H2,26,28)(H,27,31)/t14-,16+,18?,24+/m0/s1. The third-order valence-electron chi connectivity index (χ3n) is 6.79. The molecule has 4 atom stereocenters. The summed E-state index contributed by atoms with van der Waals surface area (Å²) in [5, 5.41) is 3.08. The van der Waals surface area contributed by atoms with Gasteiger partial charge in [-0.05, 0) is 50.8 Å². The fraction of sp³-hybridized carbons (Fsp3) is 0.542. The molecule has 8 heteroatoms. The van der Waals surface area contributed by atoms with Crippen molar-refractivity contribution < 1.29 is 18.7 Å². The van der Waals surface area contributed by atoms with E-state index in [0.29, 0.717) is 37.1 Å². The van der Waals surface area contributed by atoms with E-state index in [9.17, 15) is 14.0 Å². The Balaban J connectivity index is 1.42. The van der Waals surface area contributed by atoms with Crippen LogP contribution in [0.15, 0.2) is 35.8 Å². The number of guanidine groups is 1. The van der Waals surface area contributed by atoms with Crippen molar-refractivity contribution >= 4 is 17.8 Å². The van der Waals surface area contributed by atoms with Crippen molar-refractivity contribution in [2.24, 2.45) is 22.6 Å². The molecule has 3 aliphatic rings. The summed E-state index contributed by atoms with van der Waals surface area (Å²) >= 11 is 0. The van der Waals surface area contributed by atoms with E-state index in [1.54, 1.807) is 12.1 Å². The lowest BCUT2D eigenvalue weighted by Crippen LogP contribution is -2.51. The molecular formula is C24H31FN4O3. The molecule has 4 rings (SSSR count). The number of fused-ring (bicyclic) bond motifs is 1. The highest BCUT2D eigenvalue weighted by Gasteiger charge is 2.47. The summed E-state index contributed by atoms with van der Waals surface area (Å²) in [5.41, 5.74) is 5.63. The Morgan fingerprint density at radius 2 is 2.22 bits per heavy atom. The quantitative estimate of drug-likeness (QED) is 0.662. The topological polar surface area (TPSA) is 97.0 Å². The molecule has 2 amide bonds. The predicted octanol–water partition coefficient (Wildman–Crippen LogP) is 3.06. The van der Waals surface area contributed by atoms with Crippen molar-refractivity contribution in [2.75, 3.05) is 6.54 Å². The van der Waals surface area contributed by atoms with Gasteiger partial charge in [-0.25, -0.2) is 9.38 Å². The molecule has 3 N–H and O–H groups in total. The van der Waals surface area contributed by atoms with E-state index in [1.165, 1.54) is 17.0 Å². The summed E-state index contributed by atoms with van der Waals surface area (Å²) in [5.74, 6) is 0.0232. The Kier molecular flexibility index (Phi) is 5.51. The third-order valence-corrected chi connectivity index (χ3v) is 6.79. The molecular weight excluding hydrogens is 411 g/mol. The van der Waals surface area contributed by atoms with E-state index in [4.69, 9.17) is 10.5 Å². The number of nitrogens with zero attached hydrogens (tertiary/aromatic N) is 2. The number of hydrogen-bond donors (Lipinski definition) is 2. The Labute approximate surface area is 187 Å². The smallest absolute Gasteiger partial charge is 0.232 e. The number of amides is 2. The van der Waals surface area contributed by atoms with Crippen LogP contribution in [0.2, 0.25) is 0 Å². The van der Waals surface area contributed by atoms with Crippen molar-refractivity contribution in [1.29, 1.82) is 0 Å². The Morgan fingerprint density at radius 3 is 2.88 bits per heavy atom. The lowest BCUT2D eigenvalue weighted by Gasteiger charge is -2.38. The van der Waals surface area contributed by atoms with Crippen LogP contribution in [0.5, 0.6) is 5.75 Å². The summed E-state index contributed by atoms with van der Waals surface area (Å²) in [4.78, 5) is 31.7. The molecule has 172 valence electrons. The molecule has 1 aromatic carbocycles. The average molecular weight is 443 g/mol. The van der Waals surface area contributed by atoms with Gasteiger partial charge in [0, 0.05) is 24.4 Å². The Bertz CT molecular complexity index is 991. The van der Waals surface area contributed by atoms with Crippen LogP contribution in [-0.2, 0) is 9.59 Å². The largest absolute Gasteiger partial charge is 0.487 e. The number of nitrogens with one attached hydrogen (secondary N) is 1. The van der Waals surface area contributed by atoms with Gasteiger partial charge in [-0.1, -0.05) is 13.0 Å². The van der Waals surface area contributed by atoms with Crippen LogP contribution in [0.4, 0.5) is 4.39 Å². The van der Waals surface area contributed by atoms with Crippen molar-refractivity contribution in [3.8, 4) is 5.75 Å². The van der Waals surface area contributed by atoms with E-state index in [0.717, 1.165) is 0 Å². The first-order chi connectivity index (χ1) is 15.1.